The lowest BCUT2D eigenvalue weighted by molar-refractivity contribution is 0.0934. The Morgan fingerprint density at radius 1 is 0.356 bits per heavy atom. The molecule has 7 aromatic heterocycles. The highest BCUT2D eigenvalue weighted by atomic mass is 19.1. The first-order chi connectivity index (χ1) is 71.5. The van der Waals surface area contributed by atoms with E-state index in [2.05, 4.69) is 161 Å². The summed E-state index contributed by atoms with van der Waals surface area (Å²) in [4.78, 5) is 73.5. The van der Waals surface area contributed by atoms with E-state index in [0.29, 0.717) is 101 Å². The molecule has 0 bridgehead atoms. The van der Waals surface area contributed by atoms with Gasteiger partial charge in [0.25, 0.3) is 23.6 Å². The Bertz CT molecular complexity index is 7750. The first-order valence-corrected chi connectivity index (χ1v) is 49.7. The van der Waals surface area contributed by atoms with Gasteiger partial charge in [-0.3, -0.25) is 62.5 Å². The molecule has 18 aromatic rings. The average molecular weight is 1960 g/mol. The number of carbonyl (C=O) groups excluding carboxylic acids is 4. The third kappa shape index (κ3) is 22.1. The zero-order chi connectivity index (χ0) is 101. The summed E-state index contributed by atoms with van der Waals surface area (Å²) >= 11 is 0. The number of hydrogen-bond donors (Lipinski definition) is 10. The number of para-hydroxylation sites is 2. The summed E-state index contributed by atoms with van der Waals surface area (Å²) < 4.78 is 37.0. The standard InChI is InChI=1S/C31H31N5O3.C30H31N5O3.C29H32N4O3.C25H26FN5O2/c1-39-28-12-11-23(24-9-2-3-10-25(24)28)19-35-15-13-27-26(20-35)30(34-36(27)16-17-37)31(38)33-18-22-7-4-6-21-8-5-14-32-29(21)22;1-38-28-10-9-21(22-6-2-3-7-24(22)28)18-34-14-12-27-25(19-34)29(33-35(27)15-16-36)30(37)32-17-20-5-4-8-26-23(20)11-13-31-26;1-20-6-5-7-21(16-20)17-30-29(35)28-25-19-32(13-12-26(25)33(31-28)14-15-34)18-22-10-11-27(36-2)24-9-4-3-8-23(22)24;26-19-7-5-17(6-8-19)13-28-25(33)24-21-16-30(10-9-23(21)31(29-24)11-12-32)15-18-14-27-22-4-2-1-3-20(18)22/h2-12,14,37H,13,15-20H2,1H3,(H,33,38);2-11,13,31,36H,12,14-19H2,1H3,(H,32,37);3-11,16,34H,12-15,17-19H2,1-2H3,(H,30,35);1-8,14,27,32H,9-13,15-16H2,(H,28,33). The Morgan fingerprint density at radius 2 is 0.719 bits per heavy atom. The van der Waals surface area contributed by atoms with Gasteiger partial charge in [0.15, 0.2) is 22.8 Å². The highest BCUT2D eigenvalue weighted by Crippen LogP contribution is 2.38. The molecule has 146 heavy (non-hydrogen) atoms. The third-order valence-corrected chi connectivity index (χ3v) is 28.0. The van der Waals surface area contributed by atoms with Crippen molar-refractivity contribution in [1.82, 2.24) is 94.9 Å². The normalized spacial score (nSPS) is 13.6. The van der Waals surface area contributed by atoms with Gasteiger partial charge < -0.3 is 65.9 Å². The van der Waals surface area contributed by atoms with Crippen molar-refractivity contribution in [3.8, 4) is 17.2 Å². The minimum Gasteiger partial charge on any atom is -0.496 e. The number of benzene rings is 11. The van der Waals surface area contributed by atoms with E-state index >= 15 is 0 Å². The van der Waals surface area contributed by atoms with Gasteiger partial charge in [-0.25, -0.2) is 4.39 Å². The van der Waals surface area contributed by atoms with Crippen molar-refractivity contribution >= 4 is 88.7 Å². The quantitative estimate of drug-likeness (QED) is 0.0193. The summed E-state index contributed by atoms with van der Waals surface area (Å²) in [6.45, 7) is 13.8. The number of carbonyl (C=O) groups is 4. The molecular weight excluding hydrogens is 1840 g/mol. The Balaban J connectivity index is 0.000000123. The molecule has 11 aromatic carbocycles. The number of aromatic nitrogens is 11. The number of hydrogen-bond acceptors (Lipinski definition) is 20. The van der Waals surface area contributed by atoms with Crippen LogP contribution in [0.3, 0.4) is 0 Å². The van der Waals surface area contributed by atoms with Gasteiger partial charge in [0.05, 0.1) is 79.5 Å². The first kappa shape index (κ1) is 99.2. The van der Waals surface area contributed by atoms with Crippen LogP contribution in [0.4, 0.5) is 4.39 Å². The number of fused-ring (bicyclic) bond motifs is 10. The SMILES string of the molecule is COc1ccc(CN2CCc3c(c(C(=O)NCc4cccc(C)c4)nn3CCO)C2)c2ccccc12.COc1ccc(CN2CCc3c(c(C(=O)NCc4cccc5[nH]ccc45)nn3CCO)C2)c2ccccc12.COc1ccc(CN2CCc3c(c(C(=O)NCc4cccc5cccnc45)nn3CCO)C2)c2ccccc12.O=C(NCc1ccc(F)cc1)c1nn(CCO)c2c1CN(Cc1c[nH]c3ccccc13)CC2. The third-order valence-electron chi connectivity index (χ3n) is 28.0. The number of aliphatic hydroxyl groups excluding tert-OH is 4. The lowest BCUT2D eigenvalue weighted by atomic mass is 10.0. The number of rotatable bonds is 31. The van der Waals surface area contributed by atoms with E-state index in [1.165, 1.54) is 55.9 Å². The number of nitrogens with one attached hydrogen (secondary N) is 6. The summed E-state index contributed by atoms with van der Waals surface area (Å²) in [6.07, 6.45) is 8.79. The molecule has 4 aliphatic heterocycles. The molecule has 10 N–H and O–H groups in total. The van der Waals surface area contributed by atoms with Gasteiger partial charge in [-0.15, -0.1) is 0 Å². The molecule has 0 atom stereocenters. The molecule has 31 heteroatoms. The summed E-state index contributed by atoms with van der Waals surface area (Å²) in [6, 6.07) is 77.7. The molecule has 0 fully saturated rings. The van der Waals surface area contributed by atoms with Crippen molar-refractivity contribution in [1.29, 1.82) is 0 Å². The van der Waals surface area contributed by atoms with E-state index in [4.69, 9.17) is 14.2 Å². The van der Waals surface area contributed by atoms with Crippen LogP contribution in [0.15, 0.2) is 255 Å². The number of halogens is 1. The van der Waals surface area contributed by atoms with Crippen molar-refractivity contribution in [2.24, 2.45) is 0 Å². The fraction of sp³-hybridized carbons (Fsp3) is 0.278. The maximum absolute atomic E-state index is 13.5. The number of aromatic amines is 2. The van der Waals surface area contributed by atoms with Gasteiger partial charge in [-0.2, -0.15) is 20.4 Å². The number of H-pyrrole nitrogens is 2. The smallest absolute Gasteiger partial charge is 0.272 e. The Morgan fingerprint density at radius 3 is 1.16 bits per heavy atom. The largest absolute Gasteiger partial charge is 0.496 e. The molecule has 0 spiro atoms. The predicted octanol–water partition coefficient (Wildman–Crippen LogP) is 14.9. The zero-order valence-electron chi connectivity index (χ0n) is 82.4. The summed E-state index contributed by atoms with van der Waals surface area (Å²) in [7, 11) is 5.09. The molecule has 0 saturated heterocycles. The molecule has 748 valence electrons. The number of aryl methyl sites for hydroxylation is 1. The van der Waals surface area contributed by atoms with Gasteiger partial charge in [0.2, 0.25) is 0 Å². The van der Waals surface area contributed by atoms with Crippen molar-refractivity contribution < 1.29 is 58.2 Å². The van der Waals surface area contributed by atoms with E-state index in [1.807, 2.05) is 147 Å². The molecule has 11 heterocycles. The van der Waals surface area contributed by atoms with E-state index in [1.54, 1.807) is 58.4 Å². The molecule has 0 saturated carbocycles. The lowest BCUT2D eigenvalue weighted by Gasteiger charge is -2.28. The molecule has 4 aliphatic rings. The second kappa shape index (κ2) is 46.0. The van der Waals surface area contributed by atoms with Crippen LogP contribution in [0.5, 0.6) is 17.2 Å². The van der Waals surface area contributed by atoms with Crippen molar-refractivity contribution in [3.05, 3.63) is 379 Å². The molecular formula is C115H120FN19O11. The summed E-state index contributed by atoms with van der Waals surface area (Å²) in [5.41, 5.74) is 22.5. The van der Waals surface area contributed by atoms with Crippen molar-refractivity contribution in [3.63, 3.8) is 0 Å². The predicted molar refractivity (Wildman–Crippen MR) is 561 cm³/mol. The molecule has 0 unspecified atom stereocenters. The van der Waals surface area contributed by atoms with Crippen LogP contribution in [0.1, 0.15) is 137 Å². The minimum absolute atomic E-state index is 0.0139. The van der Waals surface area contributed by atoms with Gasteiger partial charge in [-0.05, 0) is 122 Å². The van der Waals surface area contributed by atoms with Crippen LogP contribution in [-0.4, -0.2) is 192 Å². The molecule has 30 nitrogen and oxygen atoms in total. The van der Waals surface area contributed by atoms with Gasteiger partial charge in [0.1, 0.15) is 23.1 Å². The maximum atomic E-state index is 13.5. The topological polar surface area (TPSA) is 354 Å². The van der Waals surface area contributed by atoms with Crippen molar-refractivity contribution in [2.45, 2.75) is 137 Å². The summed E-state index contributed by atoms with van der Waals surface area (Å²) in [5.74, 6) is 1.44. The monoisotopic (exact) mass is 1960 g/mol. The second-order valence-electron chi connectivity index (χ2n) is 37.2. The molecule has 0 radical (unpaired) electrons. The number of nitrogens with zero attached hydrogens (tertiary/aromatic N) is 13. The van der Waals surface area contributed by atoms with Crippen LogP contribution in [0.2, 0.25) is 0 Å². The number of methoxy groups -OCH3 is 3. The highest BCUT2D eigenvalue weighted by Gasteiger charge is 2.35. The Kier molecular flexibility index (Phi) is 31.2. The minimum atomic E-state index is -0.308. The van der Waals surface area contributed by atoms with E-state index in [-0.39, 0.29) is 55.9 Å². The van der Waals surface area contributed by atoms with Crippen LogP contribution in [-0.2, 0) is 130 Å². The number of aliphatic hydroxyl groups is 4. The summed E-state index contributed by atoms with van der Waals surface area (Å²) in [5, 5.41) is 79.0. The molecule has 4 amide bonds. The Labute approximate surface area is 844 Å². The first-order valence-electron chi connectivity index (χ1n) is 49.7. The maximum Gasteiger partial charge on any atom is 0.272 e. The van der Waals surface area contributed by atoms with Gasteiger partial charge in [-0.1, -0.05) is 188 Å². The van der Waals surface area contributed by atoms with Crippen LogP contribution in [0, 0.1) is 12.7 Å². The fourth-order valence-corrected chi connectivity index (χ4v) is 20.8. The second-order valence-corrected chi connectivity index (χ2v) is 37.2. The zero-order valence-corrected chi connectivity index (χ0v) is 82.4. The fourth-order valence-electron chi connectivity index (χ4n) is 20.8. The van der Waals surface area contributed by atoms with Crippen LogP contribution >= 0.6 is 0 Å². The van der Waals surface area contributed by atoms with Gasteiger partial charge >= 0.3 is 0 Å². The lowest BCUT2D eigenvalue weighted by Crippen LogP contribution is -2.32. The Hall–Kier alpha value is -15.6. The number of pyridine rings is 1. The number of ether oxygens (including phenoxy) is 3. The van der Waals surface area contributed by atoms with E-state index in [0.717, 1.165) is 212 Å². The van der Waals surface area contributed by atoms with Crippen LogP contribution < -0.4 is 35.5 Å². The number of amides is 4. The van der Waals surface area contributed by atoms with E-state index < -0.39 is 0 Å². The van der Waals surface area contributed by atoms with Crippen molar-refractivity contribution in [2.75, 3.05) is 73.9 Å². The molecule has 22 rings (SSSR count). The van der Waals surface area contributed by atoms with E-state index in [9.17, 15) is 44.0 Å². The average Bonchev–Trinajstić information content (AvgIpc) is 1.66. The molecule has 0 aliphatic carbocycles. The highest BCUT2D eigenvalue weighted by molar-refractivity contribution is 5.98. The van der Waals surface area contributed by atoms with Gasteiger partial charge in [0, 0.05) is 237 Å². The van der Waals surface area contributed by atoms with Crippen LogP contribution in [0.25, 0.3) is 65.0 Å².